The van der Waals surface area contributed by atoms with E-state index in [-0.39, 0.29) is 0 Å². The molecule has 3 nitrogen and oxygen atoms in total. The lowest BCUT2D eigenvalue weighted by atomic mass is 9.99. The molecule has 0 aliphatic carbocycles. The summed E-state index contributed by atoms with van der Waals surface area (Å²) in [5.74, 6) is 0. The monoisotopic (exact) mass is 225 g/mol. The topological polar surface area (TPSA) is 18.5 Å². The molecule has 2 fully saturated rings. The smallest absolute Gasteiger partial charge is 0.0226 e. The first-order valence-electron chi connectivity index (χ1n) is 6.96. The number of hydrogen-bond acceptors (Lipinski definition) is 3. The molecule has 0 radical (unpaired) electrons. The van der Waals surface area contributed by atoms with Crippen molar-refractivity contribution in [1.82, 2.24) is 15.1 Å². The van der Waals surface area contributed by atoms with Crippen LogP contribution in [0.2, 0.25) is 0 Å². The van der Waals surface area contributed by atoms with Gasteiger partial charge in [-0.3, -0.25) is 4.90 Å². The molecular formula is C13H27N3. The first-order chi connectivity index (χ1) is 7.81. The maximum absolute atomic E-state index is 3.54. The molecule has 2 atom stereocenters. The van der Waals surface area contributed by atoms with Gasteiger partial charge in [-0.25, -0.2) is 0 Å². The van der Waals surface area contributed by atoms with Crippen LogP contribution in [0.3, 0.4) is 0 Å². The molecule has 0 bridgehead atoms. The van der Waals surface area contributed by atoms with E-state index in [0.717, 1.165) is 12.1 Å². The molecule has 0 saturated carbocycles. The maximum atomic E-state index is 3.54. The summed E-state index contributed by atoms with van der Waals surface area (Å²) in [6, 6.07) is 1.59. The molecule has 2 aliphatic heterocycles. The Morgan fingerprint density at radius 3 is 2.69 bits per heavy atom. The summed E-state index contributed by atoms with van der Waals surface area (Å²) >= 11 is 0. The Kier molecular flexibility index (Phi) is 4.62. The van der Waals surface area contributed by atoms with Crippen LogP contribution in [0.1, 0.15) is 32.6 Å². The number of nitrogens with zero attached hydrogens (tertiary/aromatic N) is 2. The van der Waals surface area contributed by atoms with Gasteiger partial charge in [0.1, 0.15) is 0 Å². The fourth-order valence-corrected chi connectivity index (χ4v) is 3.34. The van der Waals surface area contributed by atoms with Gasteiger partial charge in [0, 0.05) is 25.2 Å². The van der Waals surface area contributed by atoms with Gasteiger partial charge in [-0.2, -0.15) is 0 Å². The average Bonchev–Trinajstić information content (AvgIpc) is 2.31. The van der Waals surface area contributed by atoms with Crippen LogP contribution < -0.4 is 5.32 Å². The summed E-state index contributed by atoms with van der Waals surface area (Å²) in [5, 5.41) is 3.54. The van der Waals surface area contributed by atoms with Crippen LogP contribution in [0.4, 0.5) is 0 Å². The fourth-order valence-electron chi connectivity index (χ4n) is 3.34. The summed E-state index contributed by atoms with van der Waals surface area (Å²) in [6.07, 6.45) is 5.51. The van der Waals surface area contributed by atoms with Crippen molar-refractivity contribution in [1.29, 1.82) is 0 Å². The third kappa shape index (κ3) is 2.96. The lowest BCUT2D eigenvalue weighted by molar-refractivity contribution is 0.0677. The number of likely N-dealkylation sites (tertiary alicyclic amines) is 1. The highest BCUT2D eigenvalue weighted by atomic mass is 15.2. The van der Waals surface area contributed by atoms with E-state index in [1.54, 1.807) is 0 Å². The molecule has 2 rings (SSSR count). The highest BCUT2D eigenvalue weighted by Gasteiger charge is 2.28. The molecule has 94 valence electrons. The average molecular weight is 225 g/mol. The van der Waals surface area contributed by atoms with Crippen LogP contribution in [0.25, 0.3) is 0 Å². The largest absolute Gasteiger partial charge is 0.315 e. The Labute approximate surface area is 100 Å². The van der Waals surface area contributed by atoms with Crippen molar-refractivity contribution in [3.8, 4) is 0 Å². The molecule has 0 aromatic carbocycles. The van der Waals surface area contributed by atoms with E-state index in [9.17, 15) is 0 Å². The molecule has 16 heavy (non-hydrogen) atoms. The fraction of sp³-hybridized carbons (Fsp3) is 1.00. The van der Waals surface area contributed by atoms with Gasteiger partial charge in [0.15, 0.2) is 0 Å². The zero-order valence-corrected chi connectivity index (χ0v) is 10.9. The zero-order chi connectivity index (χ0) is 11.4. The van der Waals surface area contributed by atoms with Gasteiger partial charge >= 0.3 is 0 Å². The molecule has 2 saturated heterocycles. The summed E-state index contributed by atoms with van der Waals surface area (Å²) in [5.41, 5.74) is 0. The Morgan fingerprint density at radius 1 is 1.25 bits per heavy atom. The third-order valence-corrected chi connectivity index (χ3v) is 4.17. The summed E-state index contributed by atoms with van der Waals surface area (Å²) in [7, 11) is 2.26. The second kappa shape index (κ2) is 5.99. The number of nitrogens with one attached hydrogen (secondary N) is 1. The van der Waals surface area contributed by atoms with E-state index in [4.69, 9.17) is 0 Å². The molecular weight excluding hydrogens is 198 g/mol. The lowest BCUT2D eigenvalue weighted by Crippen LogP contribution is -2.54. The highest BCUT2D eigenvalue weighted by Crippen LogP contribution is 2.20. The minimum absolute atomic E-state index is 0.787. The third-order valence-electron chi connectivity index (χ3n) is 4.17. The van der Waals surface area contributed by atoms with Crippen LogP contribution >= 0.6 is 0 Å². The van der Waals surface area contributed by atoms with Gasteiger partial charge in [-0.15, -0.1) is 0 Å². The molecule has 2 heterocycles. The standard InChI is InChI=1S/C13H27N3/c1-3-16(12-6-4-8-14-10-12)13-7-5-9-15(2)11-13/h12-14H,3-11H2,1-2H3. The lowest BCUT2D eigenvalue weighted by Gasteiger charge is -2.43. The highest BCUT2D eigenvalue weighted by molar-refractivity contribution is 4.86. The van der Waals surface area contributed by atoms with Crippen molar-refractivity contribution in [2.24, 2.45) is 0 Å². The van der Waals surface area contributed by atoms with E-state index in [2.05, 4.69) is 29.1 Å². The van der Waals surface area contributed by atoms with Crippen molar-refractivity contribution in [2.45, 2.75) is 44.7 Å². The maximum Gasteiger partial charge on any atom is 0.0226 e. The predicted octanol–water partition coefficient (Wildman–Crippen LogP) is 1.15. The van der Waals surface area contributed by atoms with E-state index in [0.29, 0.717) is 0 Å². The minimum atomic E-state index is 0.787. The van der Waals surface area contributed by atoms with Crippen LogP contribution in [-0.2, 0) is 0 Å². The number of hydrogen-bond donors (Lipinski definition) is 1. The normalized spacial score (nSPS) is 33.2. The SMILES string of the molecule is CCN(C1CCCNC1)C1CCCN(C)C1. The van der Waals surface area contributed by atoms with Crippen LogP contribution in [0, 0.1) is 0 Å². The second-order valence-corrected chi connectivity index (χ2v) is 5.39. The quantitative estimate of drug-likeness (QED) is 0.777. The van der Waals surface area contributed by atoms with E-state index in [1.165, 1.54) is 58.4 Å². The van der Waals surface area contributed by atoms with Gasteiger partial charge in [-0.1, -0.05) is 6.92 Å². The number of piperidine rings is 2. The Hall–Kier alpha value is -0.120. The first-order valence-corrected chi connectivity index (χ1v) is 6.96. The van der Waals surface area contributed by atoms with E-state index in [1.807, 2.05) is 0 Å². The molecule has 0 spiro atoms. The Balaban J connectivity index is 1.91. The van der Waals surface area contributed by atoms with Crippen LogP contribution in [0.5, 0.6) is 0 Å². The molecule has 0 aromatic rings. The molecule has 0 aromatic heterocycles. The Bertz CT molecular complexity index is 201. The predicted molar refractivity (Wildman–Crippen MR) is 68.8 cm³/mol. The summed E-state index contributed by atoms with van der Waals surface area (Å²) in [6.45, 7) is 8.52. The van der Waals surface area contributed by atoms with Gasteiger partial charge in [-0.05, 0) is 52.4 Å². The van der Waals surface area contributed by atoms with Crippen molar-refractivity contribution >= 4 is 0 Å². The van der Waals surface area contributed by atoms with Crippen molar-refractivity contribution in [3.05, 3.63) is 0 Å². The van der Waals surface area contributed by atoms with Crippen LogP contribution in [-0.4, -0.2) is 61.7 Å². The van der Waals surface area contributed by atoms with Gasteiger partial charge < -0.3 is 10.2 Å². The van der Waals surface area contributed by atoms with Gasteiger partial charge in [0.05, 0.1) is 0 Å². The first kappa shape index (κ1) is 12.3. The van der Waals surface area contributed by atoms with Gasteiger partial charge in [0.2, 0.25) is 0 Å². The van der Waals surface area contributed by atoms with Crippen molar-refractivity contribution in [3.63, 3.8) is 0 Å². The van der Waals surface area contributed by atoms with Crippen LogP contribution in [0.15, 0.2) is 0 Å². The molecule has 2 aliphatic rings. The molecule has 1 N–H and O–H groups in total. The van der Waals surface area contributed by atoms with Crippen molar-refractivity contribution in [2.75, 3.05) is 39.8 Å². The zero-order valence-electron chi connectivity index (χ0n) is 10.9. The van der Waals surface area contributed by atoms with E-state index < -0.39 is 0 Å². The minimum Gasteiger partial charge on any atom is -0.315 e. The molecule has 2 unspecified atom stereocenters. The number of likely N-dealkylation sites (N-methyl/N-ethyl adjacent to an activating group) is 2. The van der Waals surface area contributed by atoms with Crippen molar-refractivity contribution < 1.29 is 0 Å². The number of rotatable bonds is 3. The summed E-state index contributed by atoms with van der Waals surface area (Å²) < 4.78 is 0. The van der Waals surface area contributed by atoms with E-state index >= 15 is 0 Å². The summed E-state index contributed by atoms with van der Waals surface area (Å²) in [4.78, 5) is 5.24. The molecule has 0 amide bonds. The Morgan fingerprint density at radius 2 is 2.06 bits per heavy atom. The van der Waals surface area contributed by atoms with Gasteiger partial charge in [0.25, 0.3) is 0 Å². The molecule has 3 heteroatoms. The second-order valence-electron chi connectivity index (χ2n) is 5.39.